The van der Waals surface area contributed by atoms with Crippen molar-refractivity contribution >= 4 is 22.4 Å². The van der Waals surface area contributed by atoms with Gasteiger partial charge in [0.1, 0.15) is 0 Å². The third-order valence-electron chi connectivity index (χ3n) is 5.62. The molecule has 0 aliphatic carbocycles. The average Bonchev–Trinajstić information content (AvgIpc) is 3.29. The molecule has 3 aromatic heterocycles. The molecule has 9 heteroatoms. The summed E-state index contributed by atoms with van der Waals surface area (Å²) in [4.78, 5) is 25.6. The number of nitrogens with one attached hydrogen (secondary N) is 1. The van der Waals surface area contributed by atoms with Gasteiger partial charge in [-0.05, 0) is 52.3 Å². The first-order valence-electron chi connectivity index (χ1n) is 10.8. The summed E-state index contributed by atoms with van der Waals surface area (Å²) in [6.07, 6.45) is 1.89. The molecule has 4 heterocycles. The average molecular weight is 455 g/mol. The maximum absolute atomic E-state index is 12.8. The molecule has 1 saturated heterocycles. The molecule has 1 aliphatic heterocycles. The van der Waals surface area contributed by atoms with Crippen LogP contribution in [0.3, 0.4) is 0 Å². The summed E-state index contributed by atoms with van der Waals surface area (Å²) >= 11 is 1.66. The van der Waals surface area contributed by atoms with Crippen molar-refractivity contribution in [3.05, 3.63) is 46.7 Å². The summed E-state index contributed by atoms with van der Waals surface area (Å²) in [5.41, 5.74) is 5.27. The number of rotatable bonds is 5. The molecule has 1 aliphatic rings. The molecule has 0 bridgehead atoms. The zero-order valence-corrected chi connectivity index (χ0v) is 20.3. The van der Waals surface area contributed by atoms with Crippen molar-refractivity contribution in [1.82, 2.24) is 25.1 Å². The number of carbonyl (C=O) groups is 1. The second kappa shape index (κ2) is 8.99. The molecule has 0 unspecified atom stereocenters. The molecule has 8 nitrogen and oxygen atoms in total. The number of anilines is 1. The van der Waals surface area contributed by atoms with E-state index < -0.39 is 0 Å². The molecule has 0 spiro atoms. The van der Waals surface area contributed by atoms with E-state index in [2.05, 4.69) is 46.3 Å². The van der Waals surface area contributed by atoms with Crippen LogP contribution in [0, 0.1) is 20.8 Å². The van der Waals surface area contributed by atoms with Gasteiger partial charge in [-0.1, -0.05) is 11.3 Å². The van der Waals surface area contributed by atoms with Crippen molar-refractivity contribution in [2.45, 2.75) is 53.4 Å². The van der Waals surface area contributed by atoms with Gasteiger partial charge in [0.05, 0.1) is 41.1 Å². The normalized spacial score (nSPS) is 18.8. The fourth-order valence-electron chi connectivity index (χ4n) is 4.10. The van der Waals surface area contributed by atoms with Gasteiger partial charge < -0.3 is 15.0 Å². The zero-order chi connectivity index (χ0) is 23.0. The van der Waals surface area contributed by atoms with Crippen LogP contribution in [0.2, 0.25) is 0 Å². The molecule has 3 aromatic rings. The van der Waals surface area contributed by atoms with Crippen molar-refractivity contribution in [2.75, 3.05) is 18.0 Å². The molecule has 0 aromatic carbocycles. The van der Waals surface area contributed by atoms with E-state index in [1.54, 1.807) is 22.2 Å². The Balaban J connectivity index is 1.65. The lowest BCUT2D eigenvalue weighted by atomic mass is 10.1. The minimum absolute atomic E-state index is 0.146. The monoisotopic (exact) mass is 454 g/mol. The second-order valence-corrected chi connectivity index (χ2v) is 9.50. The zero-order valence-electron chi connectivity index (χ0n) is 19.5. The third-order valence-corrected chi connectivity index (χ3v) is 6.82. The topological polar surface area (TPSA) is 85.2 Å². The fourth-order valence-corrected chi connectivity index (χ4v) is 5.19. The summed E-state index contributed by atoms with van der Waals surface area (Å²) in [6, 6.07) is 4.15. The van der Waals surface area contributed by atoms with Gasteiger partial charge in [0.15, 0.2) is 5.13 Å². The van der Waals surface area contributed by atoms with Gasteiger partial charge in [-0.25, -0.2) is 4.98 Å². The number of carbonyl (C=O) groups excluding carboxylic acids is 1. The number of morpholine rings is 1. The van der Waals surface area contributed by atoms with E-state index in [0.717, 1.165) is 51.4 Å². The molecule has 1 fully saturated rings. The summed E-state index contributed by atoms with van der Waals surface area (Å²) in [6.45, 7) is 12.0. The molecule has 170 valence electrons. The highest BCUT2D eigenvalue weighted by molar-refractivity contribution is 7.19. The largest absolute Gasteiger partial charge is 0.372 e. The summed E-state index contributed by atoms with van der Waals surface area (Å²) < 4.78 is 7.59. The number of nitrogens with zero attached hydrogens (tertiary/aromatic N) is 5. The van der Waals surface area contributed by atoms with E-state index in [0.29, 0.717) is 12.1 Å². The van der Waals surface area contributed by atoms with Crippen molar-refractivity contribution in [3.63, 3.8) is 0 Å². The van der Waals surface area contributed by atoms with Crippen molar-refractivity contribution in [3.8, 4) is 10.4 Å². The maximum atomic E-state index is 12.8. The molecule has 0 radical (unpaired) electrons. The van der Waals surface area contributed by atoms with Crippen LogP contribution in [0.1, 0.15) is 47.0 Å². The van der Waals surface area contributed by atoms with Gasteiger partial charge in [-0.3, -0.25) is 14.5 Å². The minimum Gasteiger partial charge on any atom is -0.372 e. The van der Waals surface area contributed by atoms with E-state index in [4.69, 9.17) is 9.72 Å². The third kappa shape index (κ3) is 4.68. The predicted molar refractivity (Wildman–Crippen MR) is 126 cm³/mol. The van der Waals surface area contributed by atoms with Crippen LogP contribution in [0.5, 0.6) is 0 Å². The molecule has 1 amide bonds. The fraction of sp³-hybridized carbons (Fsp3) is 0.478. The Morgan fingerprint density at radius 3 is 2.41 bits per heavy atom. The van der Waals surface area contributed by atoms with Gasteiger partial charge in [0.2, 0.25) is 0 Å². The van der Waals surface area contributed by atoms with Crippen LogP contribution in [-0.4, -0.2) is 51.0 Å². The minimum atomic E-state index is -0.146. The summed E-state index contributed by atoms with van der Waals surface area (Å²) in [7, 11) is 1.83. The van der Waals surface area contributed by atoms with E-state index in [1.807, 2.05) is 27.8 Å². The SMILES string of the molecule is Cc1cc(-c2sc(N3C[C@@H](C)O[C@@H](C)C3)nc2CNC(=O)c2cnn(C)c2C)cc(C)n1. The maximum Gasteiger partial charge on any atom is 0.255 e. The molecule has 1 N–H and O–H groups in total. The number of aryl methyl sites for hydroxylation is 3. The van der Waals surface area contributed by atoms with E-state index in [1.165, 1.54) is 0 Å². The number of aromatic nitrogens is 4. The lowest BCUT2D eigenvalue weighted by molar-refractivity contribution is -0.00523. The van der Waals surface area contributed by atoms with Gasteiger partial charge in [0.25, 0.3) is 5.91 Å². The van der Waals surface area contributed by atoms with Crippen molar-refractivity contribution in [1.29, 1.82) is 0 Å². The molecule has 4 rings (SSSR count). The number of thiazole rings is 1. The quantitative estimate of drug-likeness (QED) is 0.636. The Morgan fingerprint density at radius 1 is 1.16 bits per heavy atom. The van der Waals surface area contributed by atoms with Crippen molar-refractivity contribution < 1.29 is 9.53 Å². The number of amides is 1. The van der Waals surface area contributed by atoms with Crippen LogP contribution in [0.25, 0.3) is 10.4 Å². The van der Waals surface area contributed by atoms with Crippen LogP contribution in [0.15, 0.2) is 18.3 Å². The molecule has 0 saturated carbocycles. The standard InChI is InChI=1S/C23H30N6O2S/c1-13-7-18(8-14(2)26-13)21-20(10-24-22(30)19-9-25-28(6)17(19)5)27-23(32-21)29-11-15(3)31-16(4)12-29/h7-9,15-16H,10-12H2,1-6H3,(H,24,30)/t15-,16+. The Labute approximate surface area is 192 Å². The Hall–Kier alpha value is -2.78. The van der Waals surface area contributed by atoms with Crippen LogP contribution >= 0.6 is 11.3 Å². The Kier molecular flexibility index (Phi) is 6.30. The summed E-state index contributed by atoms with van der Waals surface area (Å²) in [5.74, 6) is -0.146. The lowest BCUT2D eigenvalue weighted by Gasteiger charge is -2.35. The van der Waals surface area contributed by atoms with Gasteiger partial charge in [-0.2, -0.15) is 5.10 Å². The molecule has 32 heavy (non-hydrogen) atoms. The molecular weight excluding hydrogens is 424 g/mol. The number of pyridine rings is 1. The lowest BCUT2D eigenvalue weighted by Crippen LogP contribution is -2.45. The van der Waals surface area contributed by atoms with Crippen LogP contribution in [0.4, 0.5) is 5.13 Å². The van der Waals surface area contributed by atoms with Crippen molar-refractivity contribution in [2.24, 2.45) is 7.05 Å². The number of hydrogen-bond donors (Lipinski definition) is 1. The van der Waals surface area contributed by atoms with Crippen LogP contribution < -0.4 is 10.2 Å². The smallest absolute Gasteiger partial charge is 0.255 e. The van der Waals surface area contributed by atoms with Gasteiger partial charge in [0, 0.05) is 37.2 Å². The van der Waals surface area contributed by atoms with E-state index >= 15 is 0 Å². The highest BCUT2D eigenvalue weighted by atomic mass is 32.1. The number of hydrogen-bond acceptors (Lipinski definition) is 7. The second-order valence-electron chi connectivity index (χ2n) is 8.52. The predicted octanol–water partition coefficient (Wildman–Crippen LogP) is 3.41. The van der Waals surface area contributed by atoms with E-state index in [9.17, 15) is 4.79 Å². The van der Waals surface area contributed by atoms with Gasteiger partial charge in [-0.15, -0.1) is 0 Å². The van der Waals surface area contributed by atoms with Gasteiger partial charge >= 0.3 is 0 Å². The Bertz CT molecular complexity index is 1110. The highest BCUT2D eigenvalue weighted by Gasteiger charge is 2.26. The molecular formula is C23H30N6O2S. The first-order valence-corrected chi connectivity index (χ1v) is 11.7. The number of ether oxygens (including phenoxy) is 1. The Morgan fingerprint density at radius 2 is 1.81 bits per heavy atom. The highest BCUT2D eigenvalue weighted by Crippen LogP contribution is 2.36. The first kappa shape index (κ1) is 22.4. The van der Waals surface area contributed by atoms with Crippen LogP contribution in [-0.2, 0) is 18.3 Å². The van der Waals surface area contributed by atoms with E-state index in [-0.39, 0.29) is 18.1 Å². The summed E-state index contributed by atoms with van der Waals surface area (Å²) in [5, 5.41) is 8.16. The first-order chi connectivity index (χ1) is 15.2. The molecule has 2 atom stereocenters.